The van der Waals surface area contributed by atoms with Crippen molar-refractivity contribution in [1.82, 2.24) is 4.98 Å². The van der Waals surface area contributed by atoms with Gasteiger partial charge in [0, 0.05) is 0 Å². The van der Waals surface area contributed by atoms with Gasteiger partial charge in [-0.1, -0.05) is 42.4 Å². The molecule has 1 aliphatic rings. The van der Waals surface area contributed by atoms with Gasteiger partial charge in [0.2, 0.25) is 0 Å². The van der Waals surface area contributed by atoms with Gasteiger partial charge in [0.25, 0.3) is 0 Å². The fourth-order valence-electron chi connectivity index (χ4n) is 2.23. The SMILES string of the molecule is CC(C)[n+]1cnc2[c-]1N[CH-]C=C2c1ccccc1. The zero-order valence-electron chi connectivity index (χ0n) is 10.6. The summed E-state index contributed by atoms with van der Waals surface area (Å²) in [6.07, 6.45) is 3.98. The largest absolute Gasteiger partial charge is 0.410 e. The van der Waals surface area contributed by atoms with E-state index in [0.29, 0.717) is 6.04 Å². The normalized spacial score (nSPS) is 13.6. The Bertz CT molecular complexity index is 579. The minimum atomic E-state index is 0.400. The third kappa shape index (κ3) is 1.68. The molecule has 0 unspecified atom stereocenters. The van der Waals surface area contributed by atoms with E-state index in [9.17, 15) is 0 Å². The van der Waals surface area contributed by atoms with E-state index in [4.69, 9.17) is 0 Å². The molecule has 1 aliphatic heterocycles. The van der Waals surface area contributed by atoms with Gasteiger partial charge < -0.3 is 9.88 Å². The smallest absolute Gasteiger partial charge is 0.136 e. The van der Waals surface area contributed by atoms with Crippen LogP contribution in [-0.4, -0.2) is 4.98 Å². The molecule has 2 heterocycles. The molecule has 0 spiro atoms. The van der Waals surface area contributed by atoms with Crippen LogP contribution in [0.2, 0.25) is 0 Å². The molecule has 18 heavy (non-hydrogen) atoms. The van der Waals surface area contributed by atoms with Gasteiger partial charge in [-0.2, -0.15) is 6.08 Å². The van der Waals surface area contributed by atoms with Gasteiger partial charge in [-0.3, -0.25) is 0 Å². The summed E-state index contributed by atoms with van der Waals surface area (Å²) in [6, 6.07) is 10.8. The van der Waals surface area contributed by atoms with E-state index < -0.39 is 0 Å². The van der Waals surface area contributed by atoms with Crippen molar-refractivity contribution in [2.75, 3.05) is 5.32 Å². The number of anilines is 1. The first-order valence-corrected chi connectivity index (χ1v) is 6.20. The third-order valence-electron chi connectivity index (χ3n) is 3.16. The lowest BCUT2D eigenvalue weighted by atomic mass is 10.0. The molecule has 3 heteroatoms. The van der Waals surface area contributed by atoms with Crippen molar-refractivity contribution in [3.63, 3.8) is 0 Å². The molecular weight excluding hydrogens is 222 g/mol. The molecule has 2 aromatic rings. The van der Waals surface area contributed by atoms with Crippen LogP contribution in [0.15, 0.2) is 42.7 Å². The van der Waals surface area contributed by atoms with Gasteiger partial charge in [-0.25, -0.2) is 4.98 Å². The van der Waals surface area contributed by atoms with Crippen LogP contribution < -0.4 is 9.88 Å². The second-order valence-corrected chi connectivity index (χ2v) is 4.70. The Kier molecular flexibility index (Phi) is 2.59. The van der Waals surface area contributed by atoms with Crippen molar-refractivity contribution in [3.8, 4) is 0 Å². The maximum absolute atomic E-state index is 4.55. The number of imidazole rings is 1. The van der Waals surface area contributed by atoms with E-state index in [2.05, 4.69) is 59.1 Å². The van der Waals surface area contributed by atoms with Crippen molar-refractivity contribution < 1.29 is 4.57 Å². The summed E-state index contributed by atoms with van der Waals surface area (Å²) in [4.78, 5) is 4.55. The quantitative estimate of drug-likeness (QED) is 0.643. The van der Waals surface area contributed by atoms with Crippen molar-refractivity contribution in [2.24, 2.45) is 0 Å². The van der Waals surface area contributed by atoms with Crippen LogP contribution in [0.3, 0.4) is 0 Å². The molecule has 3 nitrogen and oxygen atoms in total. The Balaban J connectivity index is 2.09. The molecule has 0 fully saturated rings. The van der Waals surface area contributed by atoms with E-state index in [1.807, 2.05) is 18.9 Å². The zero-order valence-corrected chi connectivity index (χ0v) is 10.6. The molecule has 0 radical (unpaired) electrons. The lowest BCUT2D eigenvalue weighted by Gasteiger charge is -2.24. The first-order valence-electron chi connectivity index (χ1n) is 6.20. The summed E-state index contributed by atoms with van der Waals surface area (Å²) in [6.45, 7) is 6.29. The highest BCUT2D eigenvalue weighted by Crippen LogP contribution is 2.30. The molecule has 0 saturated heterocycles. The summed E-state index contributed by atoms with van der Waals surface area (Å²) < 4.78 is 2.15. The van der Waals surface area contributed by atoms with Crippen molar-refractivity contribution in [3.05, 3.63) is 60.5 Å². The lowest BCUT2D eigenvalue weighted by Crippen LogP contribution is -2.37. The number of aromatic nitrogens is 2. The van der Waals surface area contributed by atoms with Gasteiger partial charge in [-0.15, -0.1) is 5.57 Å². The maximum Gasteiger partial charge on any atom is 0.136 e. The fraction of sp³-hybridized carbons (Fsp3) is 0.200. The summed E-state index contributed by atoms with van der Waals surface area (Å²) >= 11 is 0. The number of benzene rings is 1. The fourth-order valence-corrected chi connectivity index (χ4v) is 2.23. The molecule has 0 aliphatic carbocycles. The van der Waals surface area contributed by atoms with E-state index in [-0.39, 0.29) is 0 Å². The summed E-state index contributed by atoms with van der Waals surface area (Å²) in [5, 5.41) is 3.29. The van der Waals surface area contributed by atoms with Crippen LogP contribution in [0.4, 0.5) is 5.82 Å². The van der Waals surface area contributed by atoms with Gasteiger partial charge >= 0.3 is 0 Å². The number of nitrogens with one attached hydrogen (secondary N) is 1. The minimum absolute atomic E-state index is 0.400. The van der Waals surface area contributed by atoms with Crippen molar-refractivity contribution in [1.29, 1.82) is 0 Å². The number of hydrogen-bond donors (Lipinski definition) is 1. The van der Waals surface area contributed by atoms with Crippen LogP contribution in [0.25, 0.3) is 5.57 Å². The molecule has 0 atom stereocenters. The molecule has 0 bridgehead atoms. The molecule has 1 aromatic heterocycles. The van der Waals surface area contributed by atoms with Crippen LogP contribution in [0.5, 0.6) is 0 Å². The van der Waals surface area contributed by atoms with E-state index in [1.165, 1.54) is 11.1 Å². The second-order valence-electron chi connectivity index (χ2n) is 4.70. The molecule has 0 saturated carbocycles. The highest BCUT2D eigenvalue weighted by molar-refractivity contribution is 5.85. The highest BCUT2D eigenvalue weighted by atomic mass is 15.2. The van der Waals surface area contributed by atoms with E-state index in [0.717, 1.165) is 11.5 Å². The predicted molar refractivity (Wildman–Crippen MR) is 71.9 cm³/mol. The molecule has 1 N–H and O–H groups in total. The first-order chi connectivity index (χ1) is 8.77. The Morgan fingerprint density at radius 3 is 2.78 bits per heavy atom. The van der Waals surface area contributed by atoms with Gasteiger partial charge in [0.05, 0.1) is 11.7 Å². The van der Waals surface area contributed by atoms with Crippen LogP contribution >= 0.6 is 0 Å². The standard InChI is InChI=1S/C15H16N3/c1-11(2)18-10-17-14-13(8-9-16-15(14)18)12-6-4-3-5-7-12/h3-11,16H,1-2H3/q-1. The van der Waals surface area contributed by atoms with Crippen LogP contribution in [-0.2, 0) is 0 Å². The molecular formula is C15H16N3-. The Hall–Kier alpha value is -2.16. The lowest BCUT2D eigenvalue weighted by molar-refractivity contribution is -0.701. The van der Waals surface area contributed by atoms with Crippen molar-refractivity contribution >= 4 is 11.4 Å². The number of nitrogens with zero attached hydrogens (tertiary/aromatic N) is 2. The van der Waals surface area contributed by atoms with Crippen molar-refractivity contribution in [2.45, 2.75) is 19.9 Å². The average Bonchev–Trinajstić information content (AvgIpc) is 2.83. The maximum atomic E-state index is 4.55. The monoisotopic (exact) mass is 238 g/mol. The molecule has 3 rings (SSSR count). The van der Waals surface area contributed by atoms with Gasteiger partial charge in [0.1, 0.15) is 12.1 Å². The van der Waals surface area contributed by atoms with Gasteiger partial charge in [0.15, 0.2) is 0 Å². The number of rotatable bonds is 2. The molecule has 92 valence electrons. The number of fused-ring (bicyclic) bond motifs is 1. The Morgan fingerprint density at radius 2 is 2.06 bits per heavy atom. The zero-order chi connectivity index (χ0) is 12.5. The molecule has 0 amide bonds. The van der Waals surface area contributed by atoms with Crippen LogP contribution in [0, 0.1) is 6.54 Å². The minimum Gasteiger partial charge on any atom is -0.410 e. The Morgan fingerprint density at radius 1 is 1.28 bits per heavy atom. The number of hydrogen-bond acceptors (Lipinski definition) is 2. The Labute approximate surface area is 107 Å². The predicted octanol–water partition coefficient (Wildman–Crippen LogP) is 2.69. The topological polar surface area (TPSA) is 28.8 Å². The first kappa shape index (κ1) is 11.0. The highest BCUT2D eigenvalue weighted by Gasteiger charge is 2.15. The van der Waals surface area contributed by atoms with E-state index in [1.54, 1.807) is 0 Å². The van der Waals surface area contributed by atoms with Gasteiger partial charge in [-0.05, 0) is 13.8 Å². The second kappa shape index (κ2) is 4.26. The summed E-state index contributed by atoms with van der Waals surface area (Å²) in [7, 11) is 0. The third-order valence-corrected chi connectivity index (χ3v) is 3.16. The molecule has 1 aromatic carbocycles. The average molecular weight is 238 g/mol. The van der Waals surface area contributed by atoms with E-state index >= 15 is 0 Å². The summed E-state index contributed by atoms with van der Waals surface area (Å²) in [5.41, 5.74) is 3.40. The van der Waals surface area contributed by atoms with Crippen LogP contribution in [0.1, 0.15) is 31.1 Å². The summed E-state index contributed by atoms with van der Waals surface area (Å²) in [5.74, 6) is 1.08.